The molecule has 0 bridgehead atoms. The van der Waals surface area contributed by atoms with E-state index in [2.05, 4.69) is 15.3 Å². The highest BCUT2D eigenvalue weighted by Gasteiger charge is 2.33. The Balaban J connectivity index is 1.86. The van der Waals surface area contributed by atoms with Gasteiger partial charge in [0, 0.05) is 24.0 Å². The summed E-state index contributed by atoms with van der Waals surface area (Å²) in [6.45, 7) is 0.274. The van der Waals surface area contributed by atoms with E-state index < -0.39 is 11.9 Å². The van der Waals surface area contributed by atoms with E-state index in [9.17, 15) is 13.2 Å². The third kappa shape index (κ3) is 4.75. The molecule has 4 nitrogen and oxygen atoms in total. The van der Waals surface area contributed by atoms with Crippen LogP contribution in [0, 0.1) is 0 Å². The predicted molar refractivity (Wildman–Crippen MR) is 77.4 cm³/mol. The maximum absolute atomic E-state index is 12.4. The molecule has 0 amide bonds. The van der Waals surface area contributed by atoms with Crippen molar-refractivity contribution in [2.24, 2.45) is 10.7 Å². The number of anilines is 1. The summed E-state index contributed by atoms with van der Waals surface area (Å²) < 4.78 is 37.1. The van der Waals surface area contributed by atoms with Crippen molar-refractivity contribution < 1.29 is 13.2 Å². The van der Waals surface area contributed by atoms with E-state index in [0.29, 0.717) is 11.4 Å². The molecule has 0 fully saturated rings. The highest BCUT2D eigenvalue weighted by molar-refractivity contribution is 7.09. The Morgan fingerprint density at radius 1 is 1.29 bits per heavy atom. The summed E-state index contributed by atoms with van der Waals surface area (Å²) in [7, 11) is 0. The van der Waals surface area contributed by atoms with Crippen LogP contribution in [0.15, 0.2) is 40.7 Å². The molecule has 0 aliphatic carbocycles. The fourth-order valence-electron chi connectivity index (χ4n) is 1.54. The van der Waals surface area contributed by atoms with Crippen LogP contribution in [-0.4, -0.2) is 17.5 Å². The first-order chi connectivity index (χ1) is 9.95. The minimum Gasteiger partial charge on any atom is -0.370 e. The summed E-state index contributed by atoms with van der Waals surface area (Å²) in [5.41, 5.74) is 5.63. The molecule has 0 atom stereocenters. The second-order valence-corrected chi connectivity index (χ2v) is 5.07. The van der Waals surface area contributed by atoms with Gasteiger partial charge in [0.1, 0.15) is 0 Å². The van der Waals surface area contributed by atoms with E-state index in [4.69, 9.17) is 5.73 Å². The zero-order valence-electron chi connectivity index (χ0n) is 10.9. The van der Waals surface area contributed by atoms with Crippen LogP contribution in [0.4, 0.5) is 18.9 Å². The van der Waals surface area contributed by atoms with Gasteiger partial charge in [0.2, 0.25) is 0 Å². The number of rotatable bonds is 4. The third-order valence-corrected chi connectivity index (χ3v) is 3.40. The van der Waals surface area contributed by atoms with E-state index in [1.807, 2.05) is 30.3 Å². The van der Waals surface area contributed by atoms with Crippen LogP contribution in [0.5, 0.6) is 0 Å². The number of hydrogen-bond acceptors (Lipinski definition) is 3. The zero-order chi connectivity index (χ0) is 15.3. The number of benzene rings is 1. The number of guanidine groups is 1. The monoisotopic (exact) mass is 314 g/mol. The normalized spacial score (nSPS) is 12.4. The van der Waals surface area contributed by atoms with Crippen LogP contribution in [0.3, 0.4) is 0 Å². The summed E-state index contributed by atoms with van der Waals surface area (Å²) in [5.74, 6) is 0.216. The summed E-state index contributed by atoms with van der Waals surface area (Å²) >= 11 is 0.970. The van der Waals surface area contributed by atoms with E-state index in [1.54, 1.807) is 0 Å². The molecular weight excluding hydrogens is 301 g/mol. The molecule has 1 aromatic heterocycles. The van der Waals surface area contributed by atoms with Crippen molar-refractivity contribution in [3.05, 3.63) is 46.4 Å². The van der Waals surface area contributed by atoms with Gasteiger partial charge in [0.05, 0.1) is 5.01 Å². The summed E-state index contributed by atoms with van der Waals surface area (Å²) in [6, 6.07) is 9.24. The highest BCUT2D eigenvalue weighted by Crippen LogP contribution is 2.30. The average Bonchev–Trinajstić information content (AvgIpc) is 2.88. The molecule has 0 aliphatic rings. The smallest absolute Gasteiger partial charge is 0.370 e. The first-order valence-corrected chi connectivity index (χ1v) is 6.97. The van der Waals surface area contributed by atoms with Crippen molar-refractivity contribution >= 4 is 23.0 Å². The molecule has 0 radical (unpaired) electrons. The molecule has 2 rings (SSSR count). The lowest BCUT2D eigenvalue weighted by molar-refractivity contribution is -0.140. The summed E-state index contributed by atoms with van der Waals surface area (Å²) in [6.07, 6.45) is -4.08. The Kier molecular flexibility index (Phi) is 4.79. The fourth-order valence-corrected chi connectivity index (χ4v) is 2.33. The van der Waals surface area contributed by atoms with Crippen LogP contribution in [-0.2, 0) is 12.6 Å². The van der Waals surface area contributed by atoms with Crippen molar-refractivity contribution in [2.45, 2.75) is 12.6 Å². The molecule has 2 aromatic rings. The second kappa shape index (κ2) is 6.57. The van der Waals surface area contributed by atoms with Gasteiger partial charge in [0.25, 0.3) is 0 Å². The highest BCUT2D eigenvalue weighted by atomic mass is 32.1. The quantitative estimate of drug-likeness (QED) is 0.673. The second-order valence-electron chi connectivity index (χ2n) is 4.13. The van der Waals surface area contributed by atoms with E-state index >= 15 is 0 Å². The number of alkyl halides is 3. The summed E-state index contributed by atoms with van der Waals surface area (Å²) in [5, 5.41) is 4.28. The van der Waals surface area contributed by atoms with Crippen LogP contribution in [0.2, 0.25) is 0 Å². The first kappa shape index (κ1) is 15.3. The van der Waals surface area contributed by atoms with Gasteiger partial charge in [0.15, 0.2) is 11.7 Å². The number of nitrogens with zero attached hydrogens (tertiary/aromatic N) is 2. The summed E-state index contributed by atoms with van der Waals surface area (Å²) in [4.78, 5) is 7.58. The maximum Gasteiger partial charge on any atom is 0.434 e. The molecule has 112 valence electrons. The molecular formula is C13H13F3N4S. The molecule has 1 aromatic carbocycles. The number of aliphatic imine (C=N–C) groups is 1. The molecule has 0 spiro atoms. The van der Waals surface area contributed by atoms with Crippen molar-refractivity contribution in [1.82, 2.24) is 4.98 Å². The van der Waals surface area contributed by atoms with Gasteiger partial charge in [-0.1, -0.05) is 18.2 Å². The minimum absolute atomic E-state index is 0.216. The van der Waals surface area contributed by atoms with Crippen molar-refractivity contribution in [2.75, 3.05) is 11.9 Å². The molecule has 3 N–H and O–H groups in total. The topological polar surface area (TPSA) is 63.3 Å². The van der Waals surface area contributed by atoms with E-state index in [0.717, 1.165) is 22.4 Å². The molecule has 1 heterocycles. The van der Waals surface area contributed by atoms with E-state index in [-0.39, 0.29) is 12.5 Å². The number of para-hydroxylation sites is 1. The lowest BCUT2D eigenvalue weighted by Gasteiger charge is -2.04. The molecule has 0 saturated carbocycles. The minimum atomic E-state index is -4.40. The van der Waals surface area contributed by atoms with Crippen LogP contribution < -0.4 is 11.1 Å². The number of aromatic nitrogens is 1. The number of thiazole rings is 1. The lowest BCUT2D eigenvalue weighted by Crippen LogP contribution is -2.23. The van der Waals surface area contributed by atoms with Gasteiger partial charge in [-0.2, -0.15) is 13.2 Å². The van der Waals surface area contributed by atoms with Gasteiger partial charge in [-0.3, -0.25) is 4.99 Å². The Labute approximate surface area is 123 Å². The Bertz CT molecular complexity index is 607. The SMILES string of the molecule is NC(=NCCc1nc(C(F)(F)F)cs1)Nc1ccccc1. The molecule has 0 saturated heterocycles. The van der Waals surface area contributed by atoms with E-state index in [1.165, 1.54) is 0 Å². The van der Waals surface area contributed by atoms with Crippen molar-refractivity contribution in [3.8, 4) is 0 Å². The predicted octanol–water partition coefficient (Wildman–Crippen LogP) is 3.13. The standard InChI is InChI=1S/C13H13F3N4S/c14-13(15,16)10-8-21-11(20-10)6-7-18-12(17)19-9-4-2-1-3-5-9/h1-5,8H,6-7H2,(H3,17,18,19). The number of halogens is 3. The van der Waals surface area contributed by atoms with Crippen LogP contribution in [0.1, 0.15) is 10.7 Å². The third-order valence-electron chi connectivity index (χ3n) is 2.50. The van der Waals surface area contributed by atoms with Gasteiger partial charge < -0.3 is 11.1 Å². The Hall–Kier alpha value is -2.09. The molecule has 0 aliphatic heterocycles. The Morgan fingerprint density at radius 3 is 2.62 bits per heavy atom. The molecule has 8 heteroatoms. The van der Waals surface area contributed by atoms with Gasteiger partial charge in [-0.25, -0.2) is 4.98 Å². The maximum atomic E-state index is 12.4. The molecule has 0 unspecified atom stereocenters. The average molecular weight is 314 g/mol. The number of hydrogen-bond donors (Lipinski definition) is 2. The first-order valence-electron chi connectivity index (χ1n) is 6.09. The van der Waals surface area contributed by atoms with Crippen molar-refractivity contribution in [3.63, 3.8) is 0 Å². The number of nitrogens with one attached hydrogen (secondary N) is 1. The van der Waals surface area contributed by atoms with Crippen molar-refractivity contribution in [1.29, 1.82) is 0 Å². The van der Waals surface area contributed by atoms with Crippen LogP contribution >= 0.6 is 11.3 Å². The zero-order valence-corrected chi connectivity index (χ0v) is 11.7. The fraction of sp³-hybridized carbons (Fsp3) is 0.231. The Morgan fingerprint density at radius 2 is 2.00 bits per heavy atom. The van der Waals surface area contributed by atoms with Gasteiger partial charge >= 0.3 is 6.18 Å². The van der Waals surface area contributed by atoms with Crippen LogP contribution in [0.25, 0.3) is 0 Å². The number of nitrogens with two attached hydrogens (primary N) is 1. The molecule has 21 heavy (non-hydrogen) atoms. The lowest BCUT2D eigenvalue weighted by atomic mass is 10.3. The largest absolute Gasteiger partial charge is 0.434 e. The van der Waals surface area contributed by atoms with Gasteiger partial charge in [-0.15, -0.1) is 11.3 Å². The van der Waals surface area contributed by atoms with Gasteiger partial charge in [-0.05, 0) is 12.1 Å².